The van der Waals surface area contributed by atoms with Gasteiger partial charge in [0.05, 0.1) is 6.04 Å². The molecule has 1 saturated heterocycles. The molecule has 8 nitrogen and oxygen atoms in total. The molecule has 0 bridgehead atoms. The summed E-state index contributed by atoms with van der Waals surface area (Å²) in [6.07, 6.45) is 3.87. The molecule has 1 unspecified atom stereocenters. The van der Waals surface area contributed by atoms with Gasteiger partial charge in [-0.3, -0.25) is 4.79 Å². The summed E-state index contributed by atoms with van der Waals surface area (Å²) in [6, 6.07) is 3.23. The van der Waals surface area contributed by atoms with Gasteiger partial charge in [-0.1, -0.05) is 6.07 Å². The number of likely N-dealkylation sites (tertiary alicyclic amines) is 1. The zero-order chi connectivity index (χ0) is 26.0. The molecular formula is C23H31F3N2O6S. The molecule has 1 aliphatic heterocycles. The van der Waals surface area contributed by atoms with Crippen molar-refractivity contribution in [3.63, 3.8) is 0 Å². The second kappa shape index (κ2) is 10.2. The van der Waals surface area contributed by atoms with Gasteiger partial charge in [0, 0.05) is 19.0 Å². The second-order valence-electron chi connectivity index (χ2n) is 9.88. The molecule has 1 aromatic rings. The normalized spacial score (nSPS) is 21.1. The molecular weight excluding hydrogens is 489 g/mol. The Morgan fingerprint density at radius 3 is 2.49 bits per heavy atom. The summed E-state index contributed by atoms with van der Waals surface area (Å²) in [6.45, 7) is 5.87. The number of fused-ring (bicyclic) bond motifs is 1. The van der Waals surface area contributed by atoms with Gasteiger partial charge in [0.1, 0.15) is 11.4 Å². The van der Waals surface area contributed by atoms with E-state index in [0.717, 1.165) is 18.9 Å². The number of amides is 2. The number of nitrogens with one attached hydrogen (secondary N) is 1. The average molecular weight is 521 g/mol. The summed E-state index contributed by atoms with van der Waals surface area (Å²) in [5.41, 5.74) is -4.85. The van der Waals surface area contributed by atoms with Crippen LogP contribution in [0, 0.1) is 0 Å². The maximum Gasteiger partial charge on any atom is 0.534 e. The zero-order valence-electron chi connectivity index (χ0n) is 20.0. The topological polar surface area (TPSA) is 102 Å². The number of nitrogens with zero attached hydrogens (tertiary/aromatic N) is 1. The fraction of sp³-hybridized carbons (Fsp3) is 0.652. The lowest BCUT2D eigenvalue weighted by atomic mass is 9.87. The maximum atomic E-state index is 12.9. The minimum absolute atomic E-state index is 0.107. The van der Waals surface area contributed by atoms with Gasteiger partial charge in [-0.2, -0.15) is 21.6 Å². The number of benzene rings is 1. The van der Waals surface area contributed by atoms with Crippen LogP contribution in [0.3, 0.4) is 0 Å². The lowest BCUT2D eigenvalue weighted by Crippen LogP contribution is -2.48. The molecule has 1 aliphatic carbocycles. The maximum absolute atomic E-state index is 12.9. The smallest absolute Gasteiger partial charge is 0.444 e. The van der Waals surface area contributed by atoms with Gasteiger partial charge in [-0.25, -0.2) is 4.79 Å². The summed E-state index contributed by atoms with van der Waals surface area (Å²) in [5, 5.41) is 2.97. The molecule has 0 radical (unpaired) electrons. The van der Waals surface area contributed by atoms with E-state index in [0.29, 0.717) is 43.4 Å². The van der Waals surface area contributed by atoms with Crippen molar-refractivity contribution in [2.75, 3.05) is 6.54 Å². The quantitative estimate of drug-likeness (QED) is 0.450. The summed E-state index contributed by atoms with van der Waals surface area (Å²) in [7, 11) is -5.76. The Kier molecular flexibility index (Phi) is 7.93. The number of alkyl halides is 3. The minimum atomic E-state index is -5.76. The summed E-state index contributed by atoms with van der Waals surface area (Å²) in [4.78, 5) is 27.1. The molecule has 2 amide bonds. The van der Waals surface area contributed by atoms with Crippen molar-refractivity contribution in [2.24, 2.45) is 0 Å². The number of hydrogen-bond donors (Lipinski definition) is 1. The molecule has 1 aromatic carbocycles. The van der Waals surface area contributed by atoms with E-state index in [9.17, 15) is 31.2 Å². The first-order chi connectivity index (χ1) is 16.2. The lowest BCUT2D eigenvalue weighted by molar-refractivity contribution is -0.123. The Morgan fingerprint density at radius 1 is 1.11 bits per heavy atom. The van der Waals surface area contributed by atoms with E-state index in [1.165, 1.54) is 12.1 Å². The number of carbonyl (C=O) groups is 2. The first kappa shape index (κ1) is 27.1. The number of ether oxygens (including phenoxy) is 1. The van der Waals surface area contributed by atoms with Gasteiger partial charge in [0.25, 0.3) is 0 Å². The molecule has 12 heteroatoms. The highest BCUT2D eigenvalue weighted by Crippen LogP contribution is 2.34. The minimum Gasteiger partial charge on any atom is -0.444 e. The highest BCUT2D eigenvalue weighted by Gasteiger charge is 2.48. The van der Waals surface area contributed by atoms with E-state index in [2.05, 4.69) is 9.50 Å². The van der Waals surface area contributed by atoms with Crippen molar-refractivity contribution in [3.8, 4) is 5.75 Å². The Hall–Kier alpha value is -2.50. The molecule has 1 N–H and O–H groups in total. The van der Waals surface area contributed by atoms with Crippen LogP contribution in [-0.4, -0.2) is 49.0 Å². The number of rotatable bonds is 5. The van der Waals surface area contributed by atoms with Crippen LogP contribution in [0.5, 0.6) is 5.75 Å². The monoisotopic (exact) mass is 520 g/mol. The Morgan fingerprint density at radius 2 is 1.83 bits per heavy atom. The molecule has 1 heterocycles. The molecule has 1 fully saturated rings. The number of hydrogen-bond acceptors (Lipinski definition) is 6. The van der Waals surface area contributed by atoms with Crippen LogP contribution in [0.2, 0.25) is 0 Å². The third-order valence-corrected chi connectivity index (χ3v) is 6.91. The number of aryl methyl sites for hydroxylation is 1. The molecule has 196 valence electrons. The zero-order valence-corrected chi connectivity index (χ0v) is 20.8. The third kappa shape index (κ3) is 7.02. The Balaban J connectivity index is 1.67. The first-order valence-corrected chi connectivity index (χ1v) is 13.0. The van der Waals surface area contributed by atoms with E-state index in [-0.39, 0.29) is 24.4 Å². The number of piperidine rings is 1. The average Bonchev–Trinajstić information content (AvgIpc) is 2.71. The van der Waals surface area contributed by atoms with Crippen molar-refractivity contribution in [1.29, 1.82) is 0 Å². The standard InChI is InChI=1S/C23H31F3N2O6S/c1-22(2,3)33-21(30)28-12-5-4-8-16(28)14-20(29)27-19-9-6-7-15-13-17(10-11-18(15)19)34-35(31,32)23(24,25)26/h10-11,13,16,19H,4-9,12,14H2,1-3H3,(H,27,29)/t16-,19?/m0/s1. The fourth-order valence-corrected chi connectivity index (χ4v) is 4.86. The van der Waals surface area contributed by atoms with E-state index in [1.54, 1.807) is 25.7 Å². The van der Waals surface area contributed by atoms with E-state index in [4.69, 9.17) is 4.74 Å². The van der Waals surface area contributed by atoms with Gasteiger partial charge < -0.3 is 19.1 Å². The van der Waals surface area contributed by atoms with Gasteiger partial charge in [0.2, 0.25) is 5.91 Å². The predicted octanol–water partition coefficient (Wildman–Crippen LogP) is 4.59. The van der Waals surface area contributed by atoms with Crippen LogP contribution in [0.15, 0.2) is 18.2 Å². The Bertz CT molecular complexity index is 1050. The van der Waals surface area contributed by atoms with Gasteiger partial charge in [0.15, 0.2) is 0 Å². The second-order valence-corrected chi connectivity index (χ2v) is 11.4. The van der Waals surface area contributed by atoms with Crippen LogP contribution in [0.1, 0.15) is 76.5 Å². The summed E-state index contributed by atoms with van der Waals surface area (Å²) >= 11 is 0. The van der Waals surface area contributed by atoms with Crippen molar-refractivity contribution >= 4 is 22.1 Å². The van der Waals surface area contributed by atoms with Crippen molar-refractivity contribution < 1.29 is 40.1 Å². The Labute approximate surface area is 203 Å². The number of halogens is 3. The highest BCUT2D eigenvalue weighted by atomic mass is 32.2. The SMILES string of the molecule is CC(C)(C)OC(=O)N1CCCC[C@H]1CC(=O)NC1CCCc2cc(OS(=O)(=O)C(F)(F)F)ccc21. The highest BCUT2D eigenvalue weighted by molar-refractivity contribution is 7.88. The van der Waals surface area contributed by atoms with Crippen LogP contribution in [0.4, 0.5) is 18.0 Å². The molecule has 2 atom stereocenters. The fourth-order valence-electron chi connectivity index (χ4n) is 4.41. The van der Waals surface area contributed by atoms with E-state index < -0.39 is 33.1 Å². The van der Waals surface area contributed by atoms with Crippen LogP contribution in [0.25, 0.3) is 0 Å². The molecule has 3 rings (SSSR count). The molecule has 0 saturated carbocycles. The van der Waals surface area contributed by atoms with Gasteiger partial charge >= 0.3 is 21.7 Å². The molecule has 0 spiro atoms. The van der Waals surface area contributed by atoms with Crippen molar-refractivity contribution in [2.45, 2.75) is 88.9 Å². The molecule has 35 heavy (non-hydrogen) atoms. The van der Waals surface area contributed by atoms with Crippen LogP contribution >= 0.6 is 0 Å². The van der Waals surface area contributed by atoms with E-state index in [1.807, 2.05) is 0 Å². The van der Waals surface area contributed by atoms with Gasteiger partial charge in [-0.05, 0) is 82.6 Å². The molecule has 2 aliphatic rings. The van der Waals surface area contributed by atoms with E-state index >= 15 is 0 Å². The third-order valence-electron chi connectivity index (χ3n) is 5.93. The summed E-state index contributed by atoms with van der Waals surface area (Å²) in [5.74, 6) is -0.674. The predicted molar refractivity (Wildman–Crippen MR) is 121 cm³/mol. The van der Waals surface area contributed by atoms with Crippen molar-refractivity contribution in [3.05, 3.63) is 29.3 Å². The largest absolute Gasteiger partial charge is 0.534 e. The van der Waals surface area contributed by atoms with Gasteiger partial charge in [-0.15, -0.1) is 0 Å². The van der Waals surface area contributed by atoms with Crippen LogP contribution < -0.4 is 9.50 Å². The lowest BCUT2D eigenvalue weighted by Gasteiger charge is -2.37. The van der Waals surface area contributed by atoms with Crippen LogP contribution in [-0.2, 0) is 26.1 Å². The summed E-state index contributed by atoms with van der Waals surface area (Å²) < 4.78 is 70.2. The molecule has 0 aromatic heterocycles. The first-order valence-electron chi connectivity index (χ1n) is 11.6. The number of carbonyl (C=O) groups excluding carboxylic acids is 2. The van der Waals surface area contributed by atoms with Crippen molar-refractivity contribution in [1.82, 2.24) is 10.2 Å².